The number of aryl methyl sites for hydroxylation is 3. The predicted octanol–water partition coefficient (Wildman–Crippen LogP) is 3.70. The molecule has 1 aromatic heterocycles. The van der Waals surface area contributed by atoms with Gasteiger partial charge in [0, 0.05) is 17.4 Å². The van der Waals surface area contributed by atoms with Crippen molar-refractivity contribution >= 4 is 0 Å². The first-order valence-corrected chi connectivity index (χ1v) is 6.99. The molecule has 18 heavy (non-hydrogen) atoms. The summed E-state index contributed by atoms with van der Waals surface area (Å²) in [4.78, 5) is 4.59. The van der Waals surface area contributed by atoms with Crippen molar-refractivity contribution in [3.63, 3.8) is 0 Å². The maximum Gasteiger partial charge on any atom is 0.0426 e. The highest BCUT2D eigenvalue weighted by Crippen LogP contribution is 2.51. The number of hydrogen-bond acceptors (Lipinski definition) is 2. The summed E-state index contributed by atoms with van der Waals surface area (Å²) < 4.78 is 0. The minimum Gasteiger partial charge on any atom is -0.310 e. The maximum absolute atomic E-state index is 4.59. The molecule has 1 heterocycles. The molecule has 0 amide bonds. The highest BCUT2D eigenvalue weighted by molar-refractivity contribution is 5.33. The number of rotatable bonds is 4. The van der Waals surface area contributed by atoms with Crippen molar-refractivity contribution in [2.24, 2.45) is 11.3 Å². The van der Waals surface area contributed by atoms with E-state index in [1.54, 1.807) is 0 Å². The fourth-order valence-corrected chi connectivity index (χ4v) is 3.03. The minimum atomic E-state index is 0.398. The van der Waals surface area contributed by atoms with Crippen molar-refractivity contribution in [1.82, 2.24) is 10.3 Å². The summed E-state index contributed by atoms with van der Waals surface area (Å²) in [5.41, 5.74) is 5.57. The number of aromatic nitrogens is 1. The third-order valence-corrected chi connectivity index (χ3v) is 4.41. The molecule has 2 unspecified atom stereocenters. The van der Waals surface area contributed by atoms with E-state index in [1.807, 2.05) is 0 Å². The first-order valence-electron chi connectivity index (χ1n) is 6.99. The summed E-state index contributed by atoms with van der Waals surface area (Å²) in [6, 6.07) is 2.58. The highest BCUT2D eigenvalue weighted by atomic mass is 14.9. The first-order chi connectivity index (χ1) is 8.31. The van der Waals surface area contributed by atoms with E-state index < -0.39 is 0 Å². The monoisotopic (exact) mass is 246 g/mol. The number of hydrogen-bond donors (Lipinski definition) is 1. The Kier molecular flexibility index (Phi) is 3.50. The van der Waals surface area contributed by atoms with Crippen LogP contribution in [0.25, 0.3) is 0 Å². The molecule has 100 valence electrons. The van der Waals surface area contributed by atoms with E-state index in [4.69, 9.17) is 0 Å². The number of nitrogens with one attached hydrogen (secondary N) is 1. The van der Waals surface area contributed by atoms with Crippen molar-refractivity contribution in [3.8, 4) is 0 Å². The van der Waals surface area contributed by atoms with E-state index in [9.17, 15) is 0 Å². The molecule has 0 aliphatic heterocycles. The second-order valence-electron chi connectivity index (χ2n) is 6.60. The average molecular weight is 246 g/mol. The van der Waals surface area contributed by atoms with Gasteiger partial charge in [0.2, 0.25) is 0 Å². The van der Waals surface area contributed by atoms with Crippen LogP contribution in [-0.2, 0) is 0 Å². The Morgan fingerprint density at radius 2 is 2.00 bits per heavy atom. The summed E-state index contributed by atoms with van der Waals surface area (Å²) in [7, 11) is 0. The van der Waals surface area contributed by atoms with Crippen LogP contribution in [0.15, 0.2) is 6.07 Å². The lowest BCUT2D eigenvalue weighted by Gasteiger charge is -2.19. The summed E-state index contributed by atoms with van der Waals surface area (Å²) in [6.07, 6.45) is 1.36. The van der Waals surface area contributed by atoms with Crippen LogP contribution in [0.1, 0.15) is 55.7 Å². The van der Waals surface area contributed by atoms with Gasteiger partial charge in [-0.1, -0.05) is 13.8 Å². The van der Waals surface area contributed by atoms with E-state index in [0.717, 1.165) is 18.2 Å². The molecule has 1 aliphatic rings. The first kappa shape index (κ1) is 13.5. The number of pyridine rings is 1. The Morgan fingerprint density at radius 1 is 1.39 bits per heavy atom. The third kappa shape index (κ3) is 2.74. The fraction of sp³-hybridized carbons (Fsp3) is 0.688. The zero-order chi connectivity index (χ0) is 13.5. The predicted molar refractivity (Wildman–Crippen MR) is 76.8 cm³/mol. The smallest absolute Gasteiger partial charge is 0.0426 e. The summed E-state index contributed by atoms with van der Waals surface area (Å²) >= 11 is 0. The molecule has 1 N–H and O–H groups in total. The Labute approximate surface area is 111 Å². The molecule has 2 rings (SSSR count). The SMILES string of the molecule is Cc1cc(C)c(C(C)NCC2CC2(C)C)c(C)n1. The Hall–Kier alpha value is -0.890. The third-order valence-electron chi connectivity index (χ3n) is 4.41. The Bertz CT molecular complexity index is 425. The van der Waals surface area contributed by atoms with Gasteiger partial charge in [0.05, 0.1) is 0 Å². The van der Waals surface area contributed by atoms with Crippen LogP contribution in [0.4, 0.5) is 0 Å². The highest BCUT2D eigenvalue weighted by Gasteiger charge is 2.44. The molecule has 0 radical (unpaired) electrons. The van der Waals surface area contributed by atoms with Gasteiger partial charge in [-0.3, -0.25) is 4.98 Å². The van der Waals surface area contributed by atoms with Crippen molar-refractivity contribution in [2.75, 3.05) is 6.54 Å². The quantitative estimate of drug-likeness (QED) is 0.876. The second kappa shape index (κ2) is 4.65. The van der Waals surface area contributed by atoms with E-state index in [2.05, 4.69) is 57.9 Å². The van der Waals surface area contributed by atoms with Gasteiger partial charge in [0.1, 0.15) is 0 Å². The normalized spacial score (nSPS) is 22.9. The molecule has 2 atom stereocenters. The van der Waals surface area contributed by atoms with Gasteiger partial charge in [-0.15, -0.1) is 0 Å². The molecule has 0 spiro atoms. The van der Waals surface area contributed by atoms with Crippen LogP contribution >= 0.6 is 0 Å². The van der Waals surface area contributed by atoms with Crippen molar-refractivity contribution < 1.29 is 0 Å². The molecule has 1 saturated carbocycles. The van der Waals surface area contributed by atoms with Gasteiger partial charge in [-0.2, -0.15) is 0 Å². The molecule has 1 aliphatic carbocycles. The van der Waals surface area contributed by atoms with Crippen molar-refractivity contribution in [3.05, 3.63) is 28.6 Å². The molecule has 0 saturated heterocycles. The van der Waals surface area contributed by atoms with Gasteiger partial charge in [0.15, 0.2) is 0 Å². The molecular weight excluding hydrogens is 220 g/mol. The topological polar surface area (TPSA) is 24.9 Å². The number of nitrogens with zero attached hydrogens (tertiary/aromatic N) is 1. The second-order valence-corrected chi connectivity index (χ2v) is 6.60. The molecule has 1 fully saturated rings. The van der Waals surface area contributed by atoms with E-state index in [-0.39, 0.29) is 0 Å². The minimum absolute atomic E-state index is 0.398. The molecular formula is C16H26N2. The average Bonchev–Trinajstić information content (AvgIpc) is 2.82. The van der Waals surface area contributed by atoms with Gasteiger partial charge >= 0.3 is 0 Å². The molecule has 1 aromatic rings. The summed E-state index contributed by atoms with van der Waals surface area (Å²) in [5, 5.41) is 3.68. The van der Waals surface area contributed by atoms with Crippen molar-refractivity contribution in [2.45, 2.75) is 54.0 Å². The van der Waals surface area contributed by atoms with E-state index in [1.165, 1.54) is 23.2 Å². The van der Waals surface area contributed by atoms with Crippen molar-refractivity contribution in [1.29, 1.82) is 0 Å². The van der Waals surface area contributed by atoms with Gasteiger partial charge in [0.25, 0.3) is 0 Å². The van der Waals surface area contributed by atoms with E-state index in [0.29, 0.717) is 11.5 Å². The van der Waals surface area contributed by atoms with Crippen LogP contribution in [0.2, 0.25) is 0 Å². The van der Waals surface area contributed by atoms with Crippen LogP contribution in [0.5, 0.6) is 0 Å². The van der Waals surface area contributed by atoms with Gasteiger partial charge in [-0.25, -0.2) is 0 Å². The maximum atomic E-state index is 4.59. The molecule has 0 bridgehead atoms. The zero-order valence-electron chi connectivity index (χ0n) is 12.6. The van der Waals surface area contributed by atoms with Crippen LogP contribution in [0.3, 0.4) is 0 Å². The largest absolute Gasteiger partial charge is 0.310 e. The van der Waals surface area contributed by atoms with Crippen LogP contribution in [0, 0.1) is 32.1 Å². The lowest BCUT2D eigenvalue weighted by molar-refractivity contribution is 0.482. The van der Waals surface area contributed by atoms with Gasteiger partial charge < -0.3 is 5.32 Å². The van der Waals surface area contributed by atoms with Gasteiger partial charge in [-0.05, 0) is 69.2 Å². The van der Waals surface area contributed by atoms with Crippen LogP contribution < -0.4 is 5.32 Å². The van der Waals surface area contributed by atoms with Crippen LogP contribution in [-0.4, -0.2) is 11.5 Å². The zero-order valence-corrected chi connectivity index (χ0v) is 12.6. The summed E-state index contributed by atoms with van der Waals surface area (Å²) in [6.45, 7) is 14.5. The Balaban J connectivity index is 2.03. The molecule has 2 nitrogen and oxygen atoms in total. The summed E-state index contributed by atoms with van der Waals surface area (Å²) in [5.74, 6) is 0.846. The lowest BCUT2D eigenvalue weighted by atomic mass is 10.00. The van der Waals surface area contributed by atoms with E-state index >= 15 is 0 Å². The molecule has 0 aromatic carbocycles. The Morgan fingerprint density at radius 3 is 2.50 bits per heavy atom. The fourth-order valence-electron chi connectivity index (χ4n) is 3.03. The standard InChI is InChI=1S/C16H26N2/c1-10-7-11(2)18-13(4)15(10)12(3)17-9-14-8-16(14,5)6/h7,12,14,17H,8-9H2,1-6H3. The lowest BCUT2D eigenvalue weighted by Crippen LogP contribution is -2.24. The molecule has 2 heteroatoms.